The van der Waals surface area contributed by atoms with E-state index in [0.717, 1.165) is 5.69 Å². The molecule has 0 aliphatic heterocycles. The summed E-state index contributed by atoms with van der Waals surface area (Å²) in [5.41, 5.74) is 0.983. The first-order valence-corrected chi connectivity index (χ1v) is 5.51. The Labute approximate surface area is 99.4 Å². The minimum Gasteiger partial charge on any atom is -0.384 e. The summed E-state index contributed by atoms with van der Waals surface area (Å²) in [6.07, 6.45) is -4.82. The maximum Gasteiger partial charge on any atom is 0.390 e. The Morgan fingerprint density at radius 2 is 1.76 bits per heavy atom. The average Bonchev–Trinajstić information content (AvgIpc) is 2.27. The second-order valence-electron chi connectivity index (χ2n) is 3.96. The Morgan fingerprint density at radius 1 is 1.12 bits per heavy atom. The van der Waals surface area contributed by atoms with Crippen LogP contribution in [0.5, 0.6) is 0 Å². The Kier molecular flexibility index (Phi) is 5.28. The van der Waals surface area contributed by atoms with Gasteiger partial charge in [0.15, 0.2) is 0 Å². The van der Waals surface area contributed by atoms with Gasteiger partial charge in [0.05, 0.1) is 6.42 Å². The van der Waals surface area contributed by atoms with E-state index in [2.05, 4.69) is 5.32 Å². The van der Waals surface area contributed by atoms with Crippen molar-refractivity contribution in [2.24, 2.45) is 0 Å². The molecule has 0 aromatic heterocycles. The van der Waals surface area contributed by atoms with Gasteiger partial charge in [0.25, 0.3) is 0 Å². The van der Waals surface area contributed by atoms with Gasteiger partial charge in [-0.3, -0.25) is 0 Å². The molecular formula is C12H17F3N2. The zero-order valence-electron chi connectivity index (χ0n) is 9.80. The summed E-state index contributed by atoms with van der Waals surface area (Å²) in [4.78, 5) is 1.67. The zero-order valence-corrected chi connectivity index (χ0v) is 9.80. The molecule has 0 aliphatic carbocycles. The molecule has 0 saturated heterocycles. The summed E-state index contributed by atoms with van der Waals surface area (Å²) in [6.45, 7) is 1.27. The highest BCUT2D eigenvalue weighted by Crippen LogP contribution is 2.19. The van der Waals surface area contributed by atoms with Crippen LogP contribution >= 0.6 is 0 Å². The lowest BCUT2D eigenvalue weighted by Crippen LogP contribution is -2.29. The third-order valence-corrected chi connectivity index (χ3v) is 2.37. The first-order valence-electron chi connectivity index (χ1n) is 5.51. The van der Waals surface area contributed by atoms with Gasteiger partial charge in [-0.1, -0.05) is 18.2 Å². The van der Waals surface area contributed by atoms with Crippen molar-refractivity contribution in [3.05, 3.63) is 30.3 Å². The fraction of sp³-hybridized carbons (Fsp3) is 0.500. The van der Waals surface area contributed by atoms with E-state index in [0.29, 0.717) is 13.1 Å². The third-order valence-electron chi connectivity index (χ3n) is 2.37. The molecule has 0 bridgehead atoms. The number of nitrogens with one attached hydrogen (secondary N) is 1. The molecule has 5 heteroatoms. The second-order valence-corrected chi connectivity index (χ2v) is 3.96. The Hall–Kier alpha value is -1.23. The summed E-state index contributed by atoms with van der Waals surface area (Å²) in [6, 6.07) is 9.59. The van der Waals surface area contributed by atoms with E-state index >= 15 is 0 Å². The van der Waals surface area contributed by atoms with Crippen molar-refractivity contribution in [2.45, 2.75) is 12.6 Å². The van der Waals surface area contributed by atoms with Crippen LogP contribution in [0.2, 0.25) is 0 Å². The van der Waals surface area contributed by atoms with Gasteiger partial charge in [0, 0.05) is 25.3 Å². The van der Waals surface area contributed by atoms with Crippen LogP contribution in [0.4, 0.5) is 18.9 Å². The molecule has 0 heterocycles. The number of hydrogen-bond acceptors (Lipinski definition) is 2. The van der Waals surface area contributed by atoms with E-state index in [-0.39, 0.29) is 6.54 Å². The van der Waals surface area contributed by atoms with Gasteiger partial charge in [-0.05, 0) is 19.2 Å². The number of halogens is 3. The van der Waals surface area contributed by atoms with Gasteiger partial charge < -0.3 is 10.2 Å². The number of para-hydroxylation sites is 1. The molecule has 1 aromatic rings. The van der Waals surface area contributed by atoms with Crippen LogP contribution in [-0.2, 0) is 0 Å². The van der Waals surface area contributed by atoms with Gasteiger partial charge >= 0.3 is 6.18 Å². The van der Waals surface area contributed by atoms with Crippen LogP contribution in [0.3, 0.4) is 0 Å². The molecule has 0 radical (unpaired) electrons. The number of likely N-dealkylation sites (N-methyl/N-ethyl adjacent to an activating group) is 1. The van der Waals surface area contributed by atoms with Gasteiger partial charge in [0.2, 0.25) is 0 Å². The van der Waals surface area contributed by atoms with Crippen LogP contribution in [-0.4, -0.2) is 37.8 Å². The fourth-order valence-corrected chi connectivity index (χ4v) is 1.38. The minimum atomic E-state index is -4.07. The predicted molar refractivity (Wildman–Crippen MR) is 63.1 cm³/mol. The monoisotopic (exact) mass is 246 g/mol. The molecule has 0 spiro atoms. The molecule has 0 unspecified atom stereocenters. The second kappa shape index (κ2) is 6.49. The first-order chi connectivity index (χ1) is 7.97. The van der Waals surface area contributed by atoms with Crippen LogP contribution in [0, 0.1) is 0 Å². The summed E-state index contributed by atoms with van der Waals surface area (Å²) < 4.78 is 35.9. The lowest BCUT2D eigenvalue weighted by molar-refractivity contribution is -0.137. The van der Waals surface area contributed by atoms with Crippen molar-refractivity contribution in [2.75, 3.05) is 32.0 Å². The Morgan fingerprint density at radius 3 is 2.35 bits per heavy atom. The van der Waals surface area contributed by atoms with Crippen LogP contribution in [0.15, 0.2) is 30.3 Å². The van der Waals surface area contributed by atoms with E-state index in [1.54, 1.807) is 11.9 Å². The van der Waals surface area contributed by atoms with Gasteiger partial charge in [0.1, 0.15) is 0 Å². The van der Waals surface area contributed by atoms with Gasteiger partial charge in [-0.15, -0.1) is 0 Å². The third kappa shape index (κ3) is 6.84. The summed E-state index contributed by atoms with van der Waals surface area (Å²) >= 11 is 0. The normalized spacial score (nSPS) is 11.8. The number of alkyl halides is 3. The molecular weight excluding hydrogens is 229 g/mol. The van der Waals surface area contributed by atoms with Crippen molar-refractivity contribution >= 4 is 5.69 Å². The number of benzene rings is 1. The number of anilines is 1. The van der Waals surface area contributed by atoms with Crippen LogP contribution in [0.25, 0.3) is 0 Å². The fourth-order valence-electron chi connectivity index (χ4n) is 1.38. The molecule has 0 fully saturated rings. The lowest BCUT2D eigenvalue weighted by atomic mass is 10.3. The molecule has 96 valence electrons. The molecule has 17 heavy (non-hydrogen) atoms. The highest BCUT2D eigenvalue weighted by molar-refractivity contribution is 5.42. The molecule has 1 aromatic carbocycles. The maximum absolute atomic E-state index is 12.0. The van der Waals surface area contributed by atoms with Crippen molar-refractivity contribution in [1.82, 2.24) is 4.90 Å². The van der Waals surface area contributed by atoms with Crippen molar-refractivity contribution in [3.8, 4) is 0 Å². The summed E-state index contributed by atoms with van der Waals surface area (Å²) in [7, 11) is 1.69. The van der Waals surface area contributed by atoms with E-state index in [1.807, 2.05) is 30.3 Å². The van der Waals surface area contributed by atoms with Crippen LogP contribution < -0.4 is 5.32 Å². The van der Waals surface area contributed by atoms with E-state index in [4.69, 9.17) is 0 Å². The topological polar surface area (TPSA) is 15.3 Å². The molecule has 1 N–H and O–H groups in total. The summed E-state index contributed by atoms with van der Waals surface area (Å²) in [5, 5.41) is 3.15. The molecule has 0 amide bonds. The molecule has 2 nitrogen and oxygen atoms in total. The Balaban J connectivity index is 2.14. The SMILES string of the molecule is CN(CCNc1ccccc1)CCC(F)(F)F. The molecule has 0 saturated carbocycles. The van der Waals surface area contributed by atoms with E-state index < -0.39 is 12.6 Å². The van der Waals surface area contributed by atoms with Crippen molar-refractivity contribution in [1.29, 1.82) is 0 Å². The number of rotatable bonds is 6. The quantitative estimate of drug-likeness (QED) is 0.830. The van der Waals surface area contributed by atoms with E-state index in [1.165, 1.54) is 0 Å². The predicted octanol–water partition coefficient (Wildman–Crippen LogP) is 2.98. The van der Waals surface area contributed by atoms with Crippen LogP contribution in [0.1, 0.15) is 6.42 Å². The lowest BCUT2D eigenvalue weighted by Gasteiger charge is -2.18. The van der Waals surface area contributed by atoms with Gasteiger partial charge in [-0.2, -0.15) is 13.2 Å². The van der Waals surface area contributed by atoms with Crippen molar-refractivity contribution < 1.29 is 13.2 Å². The highest BCUT2D eigenvalue weighted by Gasteiger charge is 2.26. The van der Waals surface area contributed by atoms with Gasteiger partial charge in [-0.25, -0.2) is 0 Å². The number of nitrogens with zero attached hydrogens (tertiary/aromatic N) is 1. The van der Waals surface area contributed by atoms with Crippen molar-refractivity contribution in [3.63, 3.8) is 0 Å². The Bertz CT molecular complexity index is 311. The molecule has 0 aliphatic rings. The molecule has 0 atom stereocenters. The smallest absolute Gasteiger partial charge is 0.384 e. The molecule has 1 rings (SSSR count). The highest BCUT2D eigenvalue weighted by atomic mass is 19.4. The largest absolute Gasteiger partial charge is 0.390 e. The number of hydrogen-bond donors (Lipinski definition) is 1. The standard InChI is InChI=1S/C12H17F3N2/c1-17(9-7-12(13,14)15)10-8-16-11-5-3-2-4-6-11/h2-6,16H,7-10H2,1H3. The summed E-state index contributed by atoms with van der Waals surface area (Å²) in [5.74, 6) is 0. The minimum absolute atomic E-state index is 0.0416. The van der Waals surface area contributed by atoms with E-state index in [9.17, 15) is 13.2 Å². The first kappa shape index (κ1) is 13.8. The average molecular weight is 246 g/mol. The zero-order chi connectivity index (χ0) is 12.7. The maximum atomic E-state index is 12.0.